The topological polar surface area (TPSA) is 67.9 Å². The second kappa shape index (κ2) is 5.36. The highest BCUT2D eigenvalue weighted by atomic mass is 16.5. The van der Waals surface area contributed by atoms with Crippen LogP contribution in [0.1, 0.15) is 28.5 Å². The highest BCUT2D eigenvalue weighted by Gasteiger charge is 2.15. The van der Waals surface area contributed by atoms with Crippen LogP contribution in [0.25, 0.3) is 5.69 Å². The molecule has 0 saturated carbocycles. The molecule has 0 aliphatic heterocycles. The van der Waals surface area contributed by atoms with Crippen molar-refractivity contribution in [2.45, 2.75) is 13.8 Å². The van der Waals surface area contributed by atoms with Gasteiger partial charge >= 0.3 is 5.97 Å². The number of esters is 1. The van der Waals surface area contributed by atoms with Crippen molar-refractivity contribution in [3.63, 3.8) is 0 Å². The van der Waals surface area contributed by atoms with Crippen LogP contribution in [0.4, 0.5) is 0 Å². The zero-order chi connectivity index (χ0) is 13.8. The predicted molar refractivity (Wildman–Crippen MR) is 69.0 cm³/mol. The van der Waals surface area contributed by atoms with E-state index in [9.17, 15) is 4.79 Å². The second-order valence-corrected chi connectivity index (χ2v) is 3.93. The van der Waals surface area contributed by atoms with E-state index in [1.165, 1.54) is 6.20 Å². The largest absolute Gasteiger partial charge is 0.462 e. The maximum atomic E-state index is 11.7. The molecule has 1 heterocycles. The minimum atomic E-state index is -0.375. The van der Waals surface area contributed by atoms with Crippen LogP contribution >= 0.6 is 0 Å². The van der Waals surface area contributed by atoms with E-state index in [2.05, 4.69) is 11.2 Å². The molecule has 5 nitrogen and oxygen atoms in total. The summed E-state index contributed by atoms with van der Waals surface area (Å²) in [6.45, 7) is 3.90. The van der Waals surface area contributed by atoms with E-state index >= 15 is 0 Å². The van der Waals surface area contributed by atoms with Crippen LogP contribution in [-0.2, 0) is 4.74 Å². The Balaban J connectivity index is 2.36. The van der Waals surface area contributed by atoms with Crippen LogP contribution in [0.3, 0.4) is 0 Å². The first-order chi connectivity index (χ1) is 9.17. The van der Waals surface area contributed by atoms with E-state index in [0.717, 1.165) is 5.69 Å². The number of aromatic nitrogens is 2. The number of carbonyl (C=O) groups excluding carboxylic acids is 1. The van der Waals surface area contributed by atoms with Gasteiger partial charge in [-0.25, -0.2) is 9.48 Å². The highest BCUT2D eigenvalue weighted by molar-refractivity contribution is 5.90. The number of nitrogens with zero attached hydrogens (tertiary/aromatic N) is 3. The van der Waals surface area contributed by atoms with Crippen molar-refractivity contribution in [2.75, 3.05) is 6.61 Å². The lowest BCUT2D eigenvalue weighted by Gasteiger charge is -2.05. The molecule has 0 atom stereocenters. The summed E-state index contributed by atoms with van der Waals surface area (Å²) in [5, 5.41) is 12.9. The third-order valence-electron chi connectivity index (χ3n) is 2.75. The Morgan fingerprint density at radius 3 is 2.68 bits per heavy atom. The molecule has 0 radical (unpaired) electrons. The normalized spacial score (nSPS) is 9.95. The molecule has 0 amide bonds. The molecule has 5 heteroatoms. The van der Waals surface area contributed by atoms with E-state index in [0.29, 0.717) is 23.4 Å². The lowest BCUT2D eigenvalue weighted by molar-refractivity contribution is 0.0525. The standard InChI is InChI=1S/C14H13N3O2/c1-3-19-14(18)13-9-16-17(10(13)2)12-6-4-11(8-15)5-7-12/h4-7,9H,3H2,1-2H3. The Morgan fingerprint density at radius 2 is 2.11 bits per heavy atom. The predicted octanol–water partition coefficient (Wildman–Crippen LogP) is 2.23. The molecule has 0 aliphatic rings. The van der Waals surface area contributed by atoms with Gasteiger partial charge in [-0.3, -0.25) is 0 Å². The van der Waals surface area contributed by atoms with Gasteiger partial charge in [-0.15, -0.1) is 0 Å². The Bertz CT molecular complexity index is 636. The molecule has 0 unspecified atom stereocenters. The number of nitriles is 1. The van der Waals surface area contributed by atoms with Crippen LogP contribution < -0.4 is 0 Å². The molecule has 0 aliphatic carbocycles. The lowest BCUT2D eigenvalue weighted by atomic mass is 10.2. The summed E-state index contributed by atoms with van der Waals surface area (Å²) in [6.07, 6.45) is 1.49. The molecule has 0 fully saturated rings. The van der Waals surface area contributed by atoms with Crippen molar-refractivity contribution < 1.29 is 9.53 Å². The van der Waals surface area contributed by atoms with Gasteiger partial charge in [-0.2, -0.15) is 10.4 Å². The van der Waals surface area contributed by atoms with E-state index in [1.807, 2.05) is 0 Å². The van der Waals surface area contributed by atoms with Crippen molar-refractivity contribution >= 4 is 5.97 Å². The first-order valence-electron chi connectivity index (χ1n) is 5.89. The van der Waals surface area contributed by atoms with Crippen molar-refractivity contribution in [2.24, 2.45) is 0 Å². The molecule has 0 bridgehead atoms. The molecule has 2 rings (SSSR count). The molecule has 1 aromatic carbocycles. The van der Waals surface area contributed by atoms with Crippen LogP contribution in [0.2, 0.25) is 0 Å². The zero-order valence-electron chi connectivity index (χ0n) is 10.8. The van der Waals surface area contributed by atoms with Gasteiger partial charge in [-0.05, 0) is 38.1 Å². The molecule has 2 aromatic rings. The summed E-state index contributed by atoms with van der Waals surface area (Å²) in [6, 6.07) is 9.04. The summed E-state index contributed by atoms with van der Waals surface area (Å²) < 4.78 is 6.61. The molecular weight excluding hydrogens is 242 g/mol. The van der Waals surface area contributed by atoms with E-state index in [1.54, 1.807) is 42.8 Å². The summed E-state index contributed by atoms with van der Waals surface area (Å²) >= 11 is 0. The van der Waals surface area contributed by atoms with Crippen molar-refractivity contribution in [3.8, 4) is 11.8 Å². The Labute approximate surface area is 111 Å². The molecule has 19 heavy (non-hydrogen) atoms. The van der Waals surface area contributed by atoms with Gasteiger partial charge < -0.3 is 4.74 Å². The average molecular weight is 255 g/mol. The third kappa shape index (κ3) is 2.47. The van der Waals surface area contributed by atoms with Crippen molar-refractivity contribution in [3.05, 3.63) is 47.3 Å². The summed E-state index contributed by atoms with van der Waals surface area (Å²) in [4.78, 5) is 11.7. The number of hydrogen-bond donors (Lipinski definition) is 0. The van der Waals surface area contributed by atoms with Crippen LogP contribution in [0.5, 0.6) is 0 Å². The molecule has 1 aromatic heterocycles. The maximum Gasteiger partial charge on any atom is 0.341 e. The summed E-state index contributed by atoms with van der Waals surface area (Å²) in [5.74, 6) is -0.375. The number of rotatable bonds is 3. The quantitative estimate of drug-likeness (QED) is 0.789. The van der Waals surface area contributed by atoms with Gasteiger partial charge in [0.05, 0.1) is 35.8 Å². The fraction of sp³-hybridized carbons (Fsp3) is 0.214. The minimum absolute atomic E-state index is 0.334. The Hall–Kier alpha value is -2.61. The Kier molecular flexibility index (Phi) is 3.62. The molecule has 0 N–H and O–H groups in total. The first kappa shape index (κ1) is 12.8. The minimum Gasteiger partial charge on any atom is -0.462 e. The number of carbonyl (C=O) groups is 1. The molecule has 0 spiro atoms. The maximum absolute atomic E-state index is 11.7. The van der Waals surface area contributed by atoms with Gasteiger partial charge in [0.2, 0.25) is 0 Å². The van der Waals surface area contributed by atoms with Crippen molar-refractivity contribution in [1.29, 1.82) is 5.26 Å². The summed E-state index contributed by atoms with van der Waals surface area (Å²) in [7, 11) is 0. The lowest BCUT2D eigenvalue weighted by Crippen LogP contribution is -2.06. The van der Waals surface area contributed by atoms with Gasteiger partial charge in [0.15, 0.2) is 0 Å². The monoisotopic (exact) mass is 255 g/mol. The third-order valence-corrected chi connectivity index (χ3v) is 2.75. The van der Waals surface area contributed by atoms with Crippen LogP contribution in [0, 0.1) is 18.3 Å². The molecule has 0 saturated heterocycles. The number of ether oxygens (including phenoxy) is 1. The zero-order valence-corrected chi connectivity index (χ0v) is 10.8. The summed E-state index contributed by atoms with van der Waals surface area (Å²) in [5.41, 5.74) is 2.54. The first-order valence-corrected chi connectivity index (χ1v) is 5.89. The van der Waals surface area contributed by atoms with Gasteiger partial charge in [-0.1, -0.05) is 0 Å². The fourth-order valence-electron chi connectivity index (χ4n) is 1.76. The molecular formula is C14H13N3O2. The highest BCUT2D eigenvalue weighted by Crippen LogP contribution is 2.15. The smallest absolute Gasteiger partial charge is 0.341 e. The van der Waals surface area contributed by atoms with Crippen LogP contribution in [0.15, 0.2) is 30.5 Å². The average Bonchev–Trinajstić information content (AvgIpc) is 2.81. The van der Waals surface area contributed by atoms with E-state index in [-0.39, 0.29) is 5.97 Å². The SMILES string of the molecule is CCOC(=O)c1cnn(-c2ccc(C#N)cc2)c1C. The van der Waals surface area contributed by atoms with Crippen molar-refractivity contribution in [1.82, 2.24) is 9.78 Å². The van der Waals surface area contributed by atoms with E-state index < -0.39 is 0 Å². The number of benzene rings is 1. The van der Waals surface area contributed by atoms with E-state index in [4.69, 9.17) is 10.00 Å². The van der Waals surface area contributed by atoms with Gasteiger partial charge in [0.1, 0.15) is 5.56 Å². The number of hydrogen-bond acceptors (Lipinski definition) is 4. The van der Waals surface area contributed by atoms with Gasteiger partial charge in [0.25, 0.3) is 0 Å². The second-order valence-electron chi connectivity index (χ2n) is 3.93. The van der Waals surface area contributed by atoms with Gasteiger partial charge in [0, 0.05) is 0 Å². The van der Waals surface area contributed by atoms with Crippen LogP contribution in [-0.4, -0.2) is 22.4 Å². The Morgan fingerprint density at radius 1 is 1.42 bits per heavy atom. The fourth-order valence-corrected chi connectivity index (χ4v) is 1.76. The molecule has 96 valence electrons.